The zero-order valence-corrected chi connectivity index (χ0v) is 16.3. The number of ether oxygens (including phenoxy) is 1. The van der Waals surface area contributed by atoms with E-state index in [9.17, 15) is 9.59 Å². The van der Waals surface area contributed by atoms with E-state index in [-0.39, 0.29) is 0 Å². The molecule has 6 nitrogen and oxygen atoms in total. The van der Waals surface area contributed by atoms with Gasteiger partial charge in [-0.25, -0.2) is 4.79 Å². The van der Waals surface area contributed by atoms with E-state index in [4.69, 9.17) is 4.74 Å². The molecule has 1 aliphatic rings. The van der Waals surface area contributed by atoms with Crippen molar-refractivity contribution in [1.82, 2.24) is 15.6 Å². The maximum atomic E-state index is 12.6. The SMILES string of the molecule is C[C@@H]1CNC[C@](NC(=O)OC(C)(C)C)(c2ccc(C=O)c3ncccc23)C1. The smallest absolute Gasteiger partial charge is 0.408 e. The van der Waals surface area contributed by atoms with E-state index in [1.54, 1.807) is 12.3 Å². The molecule has 27 heavy (non-hydrogen) atoms. The van der Waals surface area contributed by atoms with Crippen LogP contribution in [0.25, 0.3) is 10.9 Å². The number of carbonyl (C=O) groups is 2. The Kier molecular flexibility index (Phi) is 5.20. The van der Waals surface area contributed by atoms with E-state index in [2.05, 4.69) is 22.5 Å². The Hall–Kier alpha value is -2.47. The van der Waals surface area contributed by atoms with Crippen molar-refractivity contribution in [3.05, 3.63) is 41.6 Å². The van der Waals surface area contributed by atoms with Crippen LogP contribution in [-0.4, -0.2) is 36.1 Å². The van der Waals surface area contributed by atoms with Crippen LogP contribution in [0.4, 0.5) is 4.79 Å². The maximum absolute atomic E-state index is 12.6. The molecular weight excluding hydrogens is 342 g/mol. The highest BCUT2D eigenvalue weighted by Crippen LogP contribution is 2.36. The lowest BCUT2D eigenvalue weighted by molar-refractivity contribution is 0.0415. The number of piperidine rings is 1. The van der Waals surface area contributed by atoms with Crippen molar-refractivity contribution >= 4 is 23.3 Å². The molecule has 0 radical (unpaired) electrons. The summed E-state index contributed by atoms with van der Waals surface area (Å²) in [7, 11) is 0. The van der Waals surface area contributed by atoms with Gasteiger partial charge < -0.3 is 15.4 Å². The van der Waals surface area contributed by atoms with E-state index < -0.39 is 17.2 Å². The number of amides is 1. The molecule has 2 atom stereocenters. The van der Waals surface area contributed by atoms with Crippen molar-refractivity contribution in [2.75, 3.05) is 13.1 Å². The van der Waals surface area contributed by atoms with Gasteiger partial charge in [-0.3, -0.25) is 9.78 Å². The molecule has 0 unspecified atom stereocenters. The normalized spacial score (nSPS) is 23.0. The molecule has 1 aliphatic heterocycles. The van der Waals surface area contributed by atoms with Crippen LogP contribution in [0.15, 0.2) is 30.5 Å². The summed E-state index contributed by atoms with van der Waals surface area (Å²) in [5.74, 6) is 0.367. The average Bonchev–Trinajstić information content (AvgIpc) is 2.59. The molecule has 0 spiro atoms. The Labute approximate surface area is 159 Å². The number of nitrogens with zero attached hydrogens (tertiary/aromatic N) is 1. The van der Waals surface area contributed by atoms with Crippen molar-refractivity contribution in [3.8, 4) is 0 Å². The molecule has 1 saturated heterocycles. The molecule has 3 rings (SSSR count). The number of rotatable bonds is 3. The molecule has 2 heterocycles. The van der Waals surface area contributed by atoms with Crippen molar-refractivity contribution in [2.24, 2.45) is 5.92 Å². The number of alkyl carbamates (subject to hydrolysis) is 1. The van der Waals surface area contributed by atoms with Crippen LogP contribution in [0.2, 0.25) is 0 Å². The van der Waals surface area contributed by atoms with Gasteiger partial charge in [-0.1, -0.05) is 19.1 Å². The molecular formula is C21H27N3O3. The minimum atomic E-state index is -0.636. The molecule has 1 fully saturated rings. The summed E-state index contributed by atoms with van der Waals surface area (Å²) in [5, 5.41) is 7.42. The fraction of sp³-hybridized carbons (Fsp3) is 0.476. The number of nitrogens with one attached hydrogen (secondary N) is 2. The summed E-state index contributed by atoms with van der Waals surface area (Å²) in [6, 6.07) is 7.49. The minimum Gasteiger partial charge on any atom is -0.444 e. The Morgan fingerprint density at radius 3 is 2.81 bits per heavy atom. The van der Waals surface area contributed by atoms with E-state index in [0.717, 1.165) is 30.2 Å². The third-order valence-corrected chi connectivity index (χ3v) is 4.80. The van der Waals surface area contributed by atoms with Crippen LogP contribution >= 0.6 is 0 Å². The summed E-state index contributed by atoms with van der Waals surface area (Å²) in [5.41, 5.74) is 0.917. The van der Waals surface area contributed by atoms with Crippen LogP contribution in [0.5, 0.6) is 0 Å². The number of benzene rings is 1. The van der Waals surface area contributed by atoms with Crippen LogP contribution < -0.4 is 10.6 Å². The van der Waals surface area contributed by atoms with Crippen LogP contribution in [0.1, 0.15) is 50.0 Å². The molecule has 2 aromatic rings. The second kappa shape index (κ2) is 7.27. The largest absolute Gasteiger partial charge is 0.444 e. The molecule has 1 aromatic carbocycles. The average molecular weight is 369 g/mol. The predicted octanol–water partition coefficient (Wildman–Crippen LogP) is 3.40. The Morgan fingerprint density at radius 1 is 1.37 bits per heavy atom. The monoisotopic (exact) mass is 369 g/mol. The van der Waals surface area contributed by atoms with Gasteiger partial charge in [0.2, 0.25) is 0 Å². The Morgan fingerprint density at radius 2 is 2.15 bits per heavy atom. The van der Waals surface area contributed by atoms with Crippen molar-refractivity contribution in [2.45, 2.75) is 45.3 Å². The van der Waals surface area contributed by atoms with Gasteiger partial charge in [-0.05, 0) is 57.4 Å². The van der Waals surface area contributed by atoms with Crippen LogP contribution in [-0.2, 0) is 10.3 Å². The minimum absolute atomic E-state index is 0.367. The first-order valence-corrected chi connectivity index (χ1v) is 9.29. The number of hydrogen-bond acceptors (Lipinski definition) is 5. The van der Waals surface area contributed by atoms with Crippen molar-refractivity contribution in [1.29, 1.82) is 0 Å². The fourth-order valence-electron chi connectivity index (χ4n) is 3.84. The lowest BCUT2D eigenvalue weighted by atomic mass is 9.77. The van der Waals surface area contributed by atoms with Gasteiger partial charge in [0, 0.05) is 23.7 Å². The summed E-state index contributed by atoms with van der Waals surface area (Å²) in [4.78, 5) is 28.5. The quantitative estimate of drug-likeness (QED) is 0.811. The summed E-state index contributed by atoms with van der Waals surface area (Å²) >= 11 is 0. The third kappa shape index (κ3) is 4.11. The second-order valence-electron chi connectivity index (χ2n) is 8.37. The fourth-order valence-corrected chi connectivity index (χ4v) is 3.84. The van der Waals surface area contributed by atoms with Gasteiger partial charge in [0.1, 0.15) is 5.60 Å². The predicted molar refractivity (Wildman–Crippen MR) is 105 cm³/mol. The molecule has 2 N–H and O–H groups in total. The number of hydrogen-bond donors (Lipinski definition) is 2. The summed E-state index contributed by atoms with van der Waals surface area (Å²) in [6.45, 7) is 9.16. The highest BCUT2D eigenvalue weighted by molar-refractivity contribution is 5.97. The van der Waals surface area contributed by atoms with Crippen molar-refractivity contribution in [3.63, 3.8) is 0 Å². The first kappa shape index (κ1) is 19.3. The Bertz CT molecular complexity index is 859. The van der Waals surface area contributed by atoms with Crippen LogP contribution in [0.3, 0.4) is 0 Å². The number of aldehydes is 1. The first-order valence-electron chi connectivity index (χ1n) is 9.29. The highest BCUT2D eigenvalue weighted by Gasteiger charge is 2.40. The highest BCUT2D eigenvalue weighted by atomic mass is 16.6. The van der Waals surface area contributed by atoms with Crippen LogP contribution in [0, 0.1) is 5.92 Å². The maximum Gasteiger partial charge on any atom is 0.408 e. The molecule has 0 bridgehead atoms. The topological polar surface area (TPSA) is 80.3 Å². The standard InChI is InChI=1S/C21H27N3O3/c1-14-10-21(13-22-11-14,24-19(26)27-20(2,3)4)17-8-7-15(12-25)18-16(17)6-5-9-23-18/h5-9,12,14,22H,10-11,13H2,1-4H3,(H,24,26)/t14-,21-/m0/s1. The second-order valence-corrected chi connectivity index (χ2v) is 8.37. The first-order chi connectivity index (χ1) is 12.7. The van der Waals surface area contributed by atoms with E-state index >= 15 is 0 Å². The van der Waals surface area contributed by atoms with Gasteiger partial charge in [0.25, 0.3) is 0 Å². The lowest BCUT2D eigenvalue weighted by Crippen LogP contribution is -2.58. The van der Waals surface area contributed by atoms with E-state index in [1.807, 2.05) is 39.0 Å². The molecule has 6 heteroatoms. The zero-order valence-electron chi connectivity index (χ0n) is 16.3. The summed E-state index contributed by atoms with van der Waals surface area (Å²) < 4.78 is 5.53. The number of carbonyl (C=O) groups excluding carboxylic acids is 2. The molecule has 1 aromatic heterocycles. The number of pyridine rings is 1. The summed E-state index contributed by atoms with van der Waals surface area (Å²) in [6.07, 6.45) is 2.81. The van der Waals surface area contributed by atoms with Gasteiger partial charge in [-0.2, -0.15) is 0 Å². The molecule has 144 valence electrons. The number of fused-ring (bicyclic) bond motifs is 1. The molecule has 1 amide bonds. The van der Waals surface area contributed by atoms with Gasteiger partial charge in [0.05, 0.1) is 11.1 Å². The van der Waals surface area contributed by atoms with Gasteiger partial charge in [-0.15, -0.1) is 0 Å². The third-order valence-electron chi connectivity index (χ3n) is 4.80. The molecule has 0 saturated carbocycles. The van der Waals surface area contributed by atoms with Crippen molar-refractivity contribution < 1.29 is 14.3 Å². The van der Waals surface area contributed by atoms with Gasteiger partial charge in [0.15, 0.2) is 6.29 Å². The molecule has 0 aliphatic carbocycles. The Balaban J connectivity index is 2.10. The lowest BCUT2D eigenvalue weighted by Gasteiger charge is -2.42. The van der Waals surface area contributed by atoms with E-state index in [1.165, 1.54) is 0 Å². The van der Waals surface area contributed by atoms with E-state index in [0.29, 0.717) is 23.5 Å². The zero-order chi connectivity index (χ0) is 19.7. The van der Waals surface area contributed by atoms with Gasteiger partial charge >= 0.3 is 6.09 Å². The number of aromatic nitrogens is 1.